The monoisotopic (exact) mass is 787 g/mol. The molecule has 5 nitrogen and oxygen atoms in total. The van der Waals surface area contributed by atoms with Gasteiger partial charge in [-0.05, 0) is 81.6 Å². The van der Waals surface area contributed by atoms with Crippen molar-refractivity contribution in [2.24, 2.45) is 4.99 Å². The number of amidine groups is 2. The molecule has 2 N–H and O–H groups in total. The number of fused-ring (bicyclic) bond motifs is 7. The molecule has 0 saturated heterocycles. The normalized spacial score (nSPS) is 12.4. The van der Waals surface area contributed by atoms with Crippen molar-refractivity contribution in [2.45, 2.75) is 9.79 Å². The number of nitrogens with one attached hydrogen (secondary N) is 2. The van der Waals surface area contributed by atoms with Crippen LogP contribution in [0.25, 0.3) is 54.8 Å². The molecule has 0 unspecified atom stereocenters. The Morgan fingerprint density at radius 1 is 0.467 bits per heavy atom. The minimum Gasteiger partial charge on any atom is -0.308 e. The van der Waals surface area contributed by atoms with Gasteiger partial charge in [-0.25, -0.2) is 4.99 Å². The van der Waals surface area contributed by atoms with Gasteiger partial charge in [0.1, 0.15) is 0 Å². The van der Waals surface area contributed by atoms with Crippen LogP contribution in [-0.4, -0.2) is 16.3 Å². The van der Waals surface area contributed by atoms with Crippen LogP contribution in [0.15, 0.2) is 227 Å². The van der Waals surface area contributed by atoms with Crippen LogP contribution in [0.3, 0.4) is 0 Å². The second-order valence-electron chi connectivity index (χ2n) is 14.9. The number of hydrogen-bond donors (Lipinski definition) is 2. The summed E-state index contributed by atoms with van der Waals surface area (Å²) < 4.78 is 2.16. The van der Waals surface area contributed by atoms with Crippen LogP contribution >= 0.6 is 11.8 Å². The van der Waals surface area contributed by atoms with Crippen molar-refractivity contribution < 1.29 is 0 Å². The first-order chi connectivity index (χ1) is 29.7. The van der Waals surface area contributed by atoms with Crippen molar-refractivity contribution in [3.63, 3.8) is 0 Å². The highest BCUT2D eigenvalue weighted by molar-refractivity contribution is 7.99. The minimum absolute atomic E-state index is 0.175. The van der Waals surface area contributed by atoms with Crippen molar-refractivity contribution in [1.29, 1.82) is 5.41 Å². The lowest BCUT2D eigenvalue weighted by molar-refractivity contribution is 1.08. The zero-order valence-corrected chi connectivity index (χ0v) is 33.3. The Morgan fingerprint density at radius 3 is 1.92 bits per heavy atom. The molecule has 9 aromatic carbocycles. The summed E-state index contributed by atoms with van der Waals surface area (Å²) in [4.78, 5) is 9.84. The zero-order chi connectivity index (χ0) is 40.0. The van der Waals surface area contributed by atoms with Gasteiger partial charge in [0.2, 0.25) is 0 Å². The molecular formula is C54H37N5S. The Hall–Kier alpha value is -7.67. The molecule has 284 valence electrons. The van der Waals surface area contributed by atoms with Crippen LogP contribution in [0.1, 0.15) is 11.1 Å². The molecule has 2 heterocycles. The molecule has 0 aliphatic carbocycles. The molecule has 0 saturated carbocycles. The lowest BCUT2D eigenvalue weighted by Crippen LogP contribution is -2.25. The largest absolute Gasteiger partial charge is 0.308 e. The molecule has 0 spiro atoms. The summed E-state index contributed by atoms with van der Waals surface area (Å²) in [5, 5.41) is 13.8. The van der Waals surface area contributed by atoms with Crippen molar-refractivity contribution in [2.75, 3.05) is 10.3 Å². The maximum absolute atomic E-state index is 9.15. The highest BCUT2D eigenvalue weighted by Crippen LogP contribution is 2.52. The number of anilines is 3. The predicted octanol–water partition coefficient (Wildman–Crippen LogP) is 14.2. The molecule has 0 bridgehead atoms. The van der Waals surface area contributed by atoms with E-state index in [2.05, 4.69) is 191 Å². The van der Waals surface area contributed by atoms with Gasteiger partial charge in [0, 0.05) is 37.4 Å². The summed E-state index contributed by atoms with van der Waals surface area (Å²) in [5.74, 6) is 0.748. The maximum Gasteiger partial charge on any atom is 0.154 e. The fourth-order valence-electron chi connectivity index (χ4n) is 8.36. The van der Waals surface area contributed by atoms with E-state index in [4.69, 9.17) is 10.4 Å². The van der Waals surface area contributed by atoms with Gasteiger partial charge in [-0.2, -0.15) is 0 Å². The quantitative estimate of drug-likeness (QED) is 0.130. The first kappa shape index (κ1) is 35.5. The fourth-order valence-corrected chi connectivity index (χ4v) is 9.40. The Morgan fingerprint density at radius 2 is 1.10 bits per heavy atom. The summed E-state index contributed by atoms with van der Waals surface area (Å²) in [5.41, 5.74) is 15.3. The lowest BCUT2D eigenvalue weighted by atomic mass is 10.0. The fraction of sp³-hybridized carbons (Fsp3) is 0. The van der Waals surface area contributed by atoms with E-state index in [1.54, 1.807) is 0 Å². The number of rotatable bonds is 6. The third-order valence-electron chi connectivity index (χ3n) is 11.3. The molecule has 0 atom stereocenters. The molecule has 1 aliphatic heterocycles. The van der Waals surface area contributed by atoms with Gasteiger partial charge in [-0.15, -0.1) is 0 Å². The Kier molecular flexibility index (Phi) is 8.83. The van der Waals surface area contributed by atoms with Crippen molar-refractivity contribution in [1.82, 2.24) is 4.68 Å². The average molecular weight is 788 g/mol. The lowest BCUT2D eigenvalue weighted by Gasteiger charge is -2.33. The molecule has 0 radical (unpaired) electrons. The van der Waals surface area contributed by atoms with Crippen LogP contribution in [-0.2, 0) is 0 Å². The van der Waals surface area contributed by atoms with Gasteiger partial charge in [-0.1, -0.05) is 176 Å². The van der Waals surface area contributed by atoms with Crippen LogP contribution in [0.2, 0.25) is 0 Å². The SMILES string of the molecule is N=C(N=C(Nn1c2cc(-c3ccc4c(c3)N(c3ccccc3)c3ccccc3S4)ccc2c2c3ccccc3ccc21)c1ccc(-c2ccccc2)cc1)c1ccccc1. The number of benzene rings is 9. The summed E-state index contributed by atoms with van der Waals surface area (Å²) >= 11 is 1.81. The Labute approximate surface area is 352 Å². The summed E-state index contributed by atoms with van der Waals surface area (Å²) in [6.07, 6.45) is 0. The van der Waals surface area contributed by atoms with Crippen molar-refractivity contribution >= 4 is 73.1 Å². The maximum atomic E-state index is 9.15. The third-order valence-corrected chi connectivity index (χ3v) is 12.4. The Balaban J connectivity index is 1.08. The predicted molar refractivity (Wildman–Crippen MR) is 252 cm³/mol. The summed E-state index contributed by atoms with van der Waals surface area (Å²) in [6, 6.07) is 74.3. The van der Waals surface area contributed by atoms with E-state index in [1.165, 1.54) is 26.3 Å². The van der Waals surface area contributed by atoms with Crippen LogP contribution in [0.4, 0.5) is 17.1 Å². The minimum atomic E-state index is 0.175. The van der Waals surface area contributed by atoms with Crippen LogP contribution in [0.5, 0.6) is 0 Å². The van der Waals surface area contributed by atoms with Gasteiger partial charge >= 0.3 is 0 Å². The second-order valence-corrected chi connectivity index (χ2v) is 16.0. The van der Waals surface area contributed by atoms with E-state index in [1.807, 2.05) is 48.2 Å². The van der Waals surface area contributed by atoms with Crippen LogP contribution in [0, 0.1) is 5.41 Å². The standard InChI is InChI=1S/C54H37N5S/c55-53(39-17-6-2-7-18-39)56-54(40-26-24-37(25-27-40)36-14-4-1-5-15-36)57-59-47-32-29-38-16-10-11-21-44(38)52(47)45-31-28-41(34-48(45)59)42-30-33-51-49(35-42)58(43-19-8-3-9-20-43)46-22-12-13-23-50(46)60-51/h1-35H,(H2,55,56,57). The van der Waals surface area contributed by atoms with Gasteiger partial charge in [0.15, 0.2) is 11.7 Å². The number of aliphatic imine (C=N–C) groups is 1. The first-order valence-corrected chi connectivity index (χ1v) is 20.9. The summed E-state index contributed by atoms with van der Waals surface area (Å²) in [7, 11) is 0. The highest BCUT2D eigenvalue weighted by atomic mass is 32.2. The molecule has 0 amide bonds. The van der Waals surface area contributed by atoms with Crippen molar-refractivity contribution in [3.8, 4) is 22.3 Å². The molecule has 1 aromatic heterocycles. The van der Waals surface area contributed by atoms with E-state index < -0.39 is 0 Å². The van der Waals surface area contributed by atoms with Crippen molar-refractivity contribution in [3.05, 3.63) is 223 Å². The van der Waals surface area contributed by atoms with Crippen LogP contribution < -0.4 is 10.3 Å². The zero-order valence-electron chi connectivity index (χ0n) is 32.5. The van der Waals surface area contributed by atoms with Gasteiger partial charge in [0.05, 0.1) is 22.4 Å². The molecule has 6 heteroatoms. The van der Waals surface area contributed by atoms with E-state index in [0.717, 1.165) is 66.6 Å². The number of hydrogen-bond acceptors (Lipinski definition) is 3. The second kappa shape index (κ2) is 14.9. The van der Waals surface area contributed by atoms with Gasteiger partial charge in [-0.3, -0.25) is 15.5 Å². The average Bonchev–Trinajstić information content (AvgIpc) is 3.64. The van der Waals surface area contributed by atoms with E-state index in [9.17, 15) is 0 Å². The molecule has 11 rings (SSSR count). The third kappa shape index (κ3) is 6.31. The Bertz CT molecular complexity index is 3260. The molecule has 1 aliphatic rings. The van der Waals surface area contributed by atoms with Gasteiger partial charge < -0.3 is 4.90 Å². The number of nitrogens with zero attached hydrogens (tertiary/aromatic N) is 3. The van der Waals surface area contributed by atoms with E-state index >= 15 is 0 Å². The van der Waals surface area contributed by atoms with E-state index in [-0.39, 0.29) is 5.84 Å². The van der Waals surface area contributed by atoms with Gasteiger partial charge in [0.25, 0.3) is 0 Å². The molecule has 0 fully saturated rings. The highest BCUT2D eigenvalue weighted by Gasteiger charge is 2.25. The summed E-state index contributed by atoms with van der Waals surface area (Å²) in [6.45, 7) is 0. The topological polar surface area (TPSA) is 56.4 Å². The smallest absolute Gasteiger partial charge is 0.154 e. The number of para-hydroxylation sites is 2. The molecular weight excluding hydrogens is 751 g/mol. The molecule has 60 heavy (non-hydrogen) atoms. The molecule has 10 aromatic rings. The van der Waals surface area contributed by atoms with E-state index in [0.29, 0.717) is 5.84 Å². The number of aromatic nitrogens is 1. The first-order valence-electron chi connectivity index (χ1n) is 20.0.